The van der Waals surface area contributed by atoms with Gasteiger partial charge in [0.15, 0.2) is 0 Å². The monoisotopic (exact) mass is 1000 g/mol. The van der Waals surface area contributed by atoms with Crippen molar-refractivity contribution in [1.29, 1.82) is 0 Å². The minimum Gasteiger partial charge on any atom is -0.480 e. The zero-order valence-electron chi connectivity index (χ0n) is 45.4. The molecule has 3 unspecified atom stereocenters. The first-order chi connectivity index (χ1) is 33.7. The van der Waals surface area contributed by atoms with Crippen molar-refractivity contribution in [3.05, 3.63) is 12.2 Å². The standard InChI is InChI=1S/C58H114NO9P/c1-3-5-7-9-11-13-15-17-19-21-23-25-27-29-31-33-35-37-39-41-43-45-47-49-51-65-52-55(53-66-69(63,64)67-54-56(59)58(61)62)68-57(60)50-48-46-44-42-40-38-36-34-32-30-28-26-24-22-20-18-16-14-12-10-8-6-4-2/h22,24,55-56H,3-21,23,25-54,59H2,1-2H3,(H,61,62)(H,63,64)/b24-22-. The molecule has 0 rings (SSSR count). The van der Waals surface area contributed by atoms with Crippen LogP contribution in [0.4, 0.5) is 0 Å². The fourth-order valence-corrected chi connectivity index (χ4v) is 9.74. The summed E-state index contributed by atoms with van der Waals surface area (Å²) in [5.74, 6) is -1.76. The van der Waals surface area contributed by atoms with Crippen LogP contribution in [0.1, 0.15) is 309 Å². The zero-order valence-corrected chi connectivity index (χ0v) is 46.3. The highest BCUT2D eigenvalue weighted by Gasteiger charge is 2.27. The summed E-state index contributed by atoms with van der Waals surface area (Å²) in [4.78, 5) is 33.8. The third kappa shape index (κ3) is 54.3. The minimum absolute atomic E-state index is 0.0240. The van der Waals surface area contributed by atoms with Crippen LogP contribution < -0.4 is 5.73 Å². The first-order valence-electron chi connectivity index (χ1n) is 29.7. The summed E-state index contributed by atoms with van der Waals surface area (Å²) in [6, 6.07) is -1.47. The fraction of sp³-hybridized carbons (Fsp3) is 0.931. The molecule has 0 aliphatic carbocycles. The Kier molecular flexibility index (Phi) is 53.5. The predicted octanol–water partition coefficient (Wildman–Crippen LogP) is 18.0. The second-order valence-corrected chi connectivity index (χ2v) is 21.9. The highest BCUT2D eigenvalue weighted by atomic mass is 31.2. The van der Waals surface area contributed by atoms with Crippen molar-refractivity contribution < 1.29 is 42.7 Å². The maximum atomic E-state index is 12.8. The van der Waals surface area contributed by atoms with Gasteiger partial charge in [-0.15, -0.1) is 0 Å². The van der Waals surface area contributed by atoms with Crippen LogP contribution in [0.25, 0.3) is 0 Å². The smallest absolute Gasteiger partial charge is 0.472 e. The largest absolute Gasteiger partial charge is 0.480 e. The number of carbonyl (C=O) groups excluding carboxylic acids is 1. The summed E-state index contributed by atoms with van der Waals surface area (Å²) in [5.41, 5.74) is 5.39. The quantitative estimate of drug-likeness (QED) is 0.0232. The molecule has 69 heavy (non-hydrogen) atoms. The number of ether oxygens (including phenoxy) is 2. The van der Waals surface area contributed by atoms with Crippen LogP contribution in [0.3, 0.4) is 0 Å². The molecule has 0 aliphatic heterocycles. The van der Waals surface area contributed by atoms with E-state index in [0.717, 1.165) is 38.5 Å². The number of carboxylic acid groups (broad SMARTS) is 1. The van der Waals surface area contributed by atoms with Gasteiger partial charge in [-0.05, 0) is 38.5 Å². The van der Waals surface area contributed by atoms with Gasteiger partial charge >= 0.3 is 19.8 Å². The predicted molar refractivity (Wildman–Crippen MR) is 291 cm³/mol. The van der Waals surface area contributed by atoms with E-state index in [1.54, 1.807) is 0 Å². The molecule has 410 valence electrons. The third-order valence-corrected chi connectivity index (χ3v) is 14.5. The SMILES string of the molecule is CCCCCCCCCC/C=C\CCCCCCCCCCCCCC(=O)OC(COCCCCCCCCCCCCCCCCCCCCCCCCCC)COP(=O)(O)OCC(N)C(=O)O. The number of phosphoric ester groups is 1. The molecule has 0 aliphatic rings. The maximum absolute atomic E-state index is 12.8. The molecule has 0 spiro atoms. The van der Waals surface area contributed by atoms with E-state index >= 15 is 0 Å². The second kappa shape index (κ2) is 54.5. The van der Waals surface area contributed by atoms with Gasteiger partial charge in [-0.2, -0.15) is 0 Å². The maximum Gasteiger partial charge on any atom is 0.472 e. The van der Waals surface area contributed by atoms with Crippen LogP contribution in [-0.2, 0) is 32.7 Å². The number of allylic oxidation sites excluding steroid dienone is 2. The molecule has 11 heteroatoms. The fourth-order valence-electron chi connectivity index (χ4n) is 8.96. The molecule has 0 aromatic rings. The lowest BCUT2D eigenvalue weighted by atomic mass is 10.0. The van der Waals surface area contributed by atoms with Gasteiger partial charge in [0, 0.05) is 13.0 Å². The Morgan fingerprint density at radius 2 is 0.754 bits per heavy atom. The number of unbranched alkanes of at least 4 members (excludes halogenated alkanes) is 42. The number of phosphoric acid groups is 1. The number of carbonyl (C=O) groups is 2. The molecule has 0 saturated carbocycles. The topological polar surface area (TPSA) is 155 Å². The molecule has 0 radical (unpaired) electrons. The first kappa shape index (κ1) is 67.7. The van der Waals surface area contributed by atoms with Crippen LogP contribution in [0.5, 0.6) is 0 Å². The molecule has 0 fully saturated rings. The number of aliphatic carboxylic acids is 1. The minimum atomic E-state index is -4.62. The van der Waals surface area contributed by atoms with Gasteiger partial charge in [-0.3, -0.25) is 18.6 Å². The number of esters is 1. The molecular weight excluding hydrogens is 886 g/mol. The number of hydrogen-bond acceptors (Lipinski definition) is 8. The van der Waals surface area contributed by atoms with Crippen molar-refractivity contribution in [3.63, 3.8) is 0 Å². The number of hydrogen-bond donors (Lipinski definition) is 3. The normalized spacial score (nSPS) is 13.6. The molecular formula is C58H114NO9P. The Morgan fingerprint density at radius 3 is 1.10 bits per heavy atom. The van der Waals surface area contributed by atoms with Crippen molar-refractivity contribution in [1.82, 2.24) is 0 Å². The molecule has 4 N–H and O–H groups in total. The van der Waals surface area contributed by atoms with Crippen LogP contribution >= 0.6 is 7.82 Å². The molecule has 0 heterocycles. The lowest BCUT2D eigenvalue weighted by Gasteiger charge is -2.20. The summed E-state index contributed by atoms with van der Waals surface area (Å²) >= 11 is 0. The van der Waals surface area contributed by atoms with E-state index in [0.29, 0.717) is 6.61 Å². The summed E-state index contributed by atoms with van der Waals surface area (Å²) in [7, 11) is -4.62. The molecule has 0 aromatic heterocycles. The van der Waals surface area contributed by atoms with E-state index in [-0.39, 0.29) is 13.0 Å². The lowest BCUT2D eigenvalue weighted by Crippen LogP contribution is -2.34. The van der Waals surface area contributed by atoms with Gasteiger partial charge in [-0.1, -0.05) is 276 Å². The number of rotatable bonds is 58. The molecule has 0 aromatic carbocycles. The van der Waals surface area contributed by atoms with Crippen molar-refractivity contribution in [2.24, 2.45) is 5.73 Å². The van der Waals surface area contributed by atoms with Crippen LogP contribution in [0.2, 0.25) is 0 Å². The van der Waals surface area contributed by atoms with Gasteiger partial charge in [0.2, 0.25) is 0 Å². The van der Waals surface area contributed by atoms with E-state index in [9.17, 15) is 19.0 Å². The molecule has 0 bridgehead atoms. The number of nitrogens with two attached hydrogens (primary N) is 1. The van der Waals surface area contributed by atoms with E-state index in [4.69, 9.17) is 29.4 Å². The van der Waals surface area contributed by atoms with E-state index in [2.05, 4.69) is 26.0 Å². The second-order valence-electron chi connectivity index (χ2n) is 20.5. The number of carboxylic acids is 1. The average molecular weight is 1000 g/mol. The summed E-state index contributed by atoms with van der Waals surface area (Å²) in [6.45, 7) is 3.97. The molecule has 0 amide bonds. The zero-order chi connectivity index (χ0) is 50.4. The Bertz CT molecular complexity index is 1160. The van der Waals surface area contributed by atoms with Gasteiger partial charge in [0.25, 0.3) is 0 Å². The molecule has 3 atom stereocenters. The van der Waals surface area contributed by atoms with Crippen LogP contribution in [0.15, 0.2) is 12.2 Å². The molecule has 10 nitrogen and oxygen atoms in total. The van der Waals surface area contributed by atoms with E-state index < -0.39 is 45.1 Å². The highest BCUT2D eigenvalue weighted by molar-refractivity contribution is 7.47. The van der Waals surface area contributed by atoms with Gasteiger partial charge in [0.1, 0.15) is 12.1 Å². The van der Waals surface area contributed by atoms with Crippen LogP contribution in [-0.4, -0.2) is 60.5 Å². The highest BCUT2D eigenvalue weighted by Crippen LogP contribution is 2.43. The van der Waals surface area contributed by atoms with Gasteiger partial charge in [0.05, 0.1) is 19.8 Å². The third-order valence-electron chi connectivity index (χ3n) is 13.5. The summed E-state index contributed by atoms with van der Waals surface area (Å²) < 4.78 is 33.6. The van der Waals surface area contributed by atoms with E-state index in [1.807, 2.05) is 0 Å². The summed E-state index contributed by atoms with van der Waals surface area (Å²) in [6.07, 6.45) is 62.9. The van der Waals surface area contributed by atoms with Gasteiger partial charge < -0.3 is 25.2 Å². The Balaban J connectivity index is 4.01. The lowest BCUT2D eigenvalue weighted by molar-refractivity contribution is -0.154. The van der Waals surface area contributed by atoms with Crippen molar-refractivity contribution in [2.75, 3.05) is 26.4 Å². The van der Waals surface area contributed by atoms with Crippen molar-refractivity contribution >= 4 is 19.8 Å². The average Bonchev–Trinajstić information content (AvgIpc) is 3.33. The Labute approximate surface area is 426 Å². The van der Waals surface area contributed by atoms with Crippen LogP contribution in [0, 0.1) is 0 Å². The van der Waals surface area contributed by atoms with E-state index in [1.165, 1.54) is 250 Å². The first-order valence-corrected chi connectivity index (χ1v) is 31.2. The Hall–Kier alpha value is -1.29. The summed E-state index contributed by atoms with van der Waals surface area (Å²) in [5, 5.41) is 8.96. The Morgan fingerprint density at radius 1 is 0.449 bits per heavy atom. The molecule has 0 saturated heterocycles. The van der Waals surface area contributed by atoms with Crippen molar-refractivity contribution in [2.45, 2.75) is 321 Å². The van der Waals surface area contributed by atoms with Crippen molar-refractivity contribution in [3.8, 4) is 0 Å². The van der Waals surface area contributed by atoms with Gasteiger partial charge in [-0.25, -0.2) is 4.57 Å².